The molecule has 0 aliphatic heterocycles. The summed E-state index contributed by atoms with van der Waals surface area (Å²) >= 11 is 0. The fourth-order valence-corrected chi connectivity index (χ4v) is 2.05. The summed E-state index contributed by atoms with van der Waals surface area (Å²) in [6, 6.07) is 6.83. The van der Waals surface area contributed by atoms with E-state index in [0.717, 1.165) is 19.0 Å². The third-order valence-electron chi connectivity index (χ3n) is 2.96. The largest absolute Gasteiger partial charge is 0.496 e. The fourth-order valence-electron chi connectivity index (χ4n) is 2.05. The molecule has 3 heteroatoms. The molecule has 0 aromatic heterocycles. The van der Waals surface area contributed by atoms with Gasteiger partial charge in [-0.05, 0) is 33.8 Å². The third kappa shape index (κ3) is 4.31. The minimum atomic E-state index is 0.246. The average molecular weight is 251 g/mol. The van der Waals surface area contributed by atoms with Gasteiger partial charge >= 0.3 is 0 Å². The summed E-state index contributed by atoms with van der Waals surface area (Å²) in [6.07, 6.45) is 0. The molecular weight excluding hydrogens is 226 g/mol. The maximum absolute atomic E-state index is 5.42. The maximum Gasteiger partial charge on any atom is 0.123 e. The van der Waals surface area contributed by atoms with Gasteiger partial charge in [0.1, 0.15) is 5.75 Å². The Hall–Kier alpha value is -1.06. The summed E-state index contributed by atoms with van der Waals surface area (Å²) in [5.74, 6) is 0.934. The van der Waals surface area contributed by atoms with Gasteiger partial charge in [0.15, 0.2) is 0 Å². The van der Waals surface area contributed by atoms with Crippen molar-refractivity contribution in [2.75, 3.05) is 20.3 Å². The molecule has 1 aromatic carbocycles. The highest BCUT2D eigenvalue weighted by Crippen LogP contribution is 2.26. The number of hydrogen-bond acceptors (Lipinski definition) is 3. The van der Waals surface area contributed by atoms with E-state index < -0.39 is 0 Å². The van der Waals surface area contributed by atoms with Gasteiger partial charge < -0.3 is 14.8 Å². The van der Waals surface area contributed by atoms with Gasteiger partial charge in [-0.1, -0.05) is 17.7 Å². The Morgan fingerprint density at radius 1 is 1.28 bits per heavy atom. The van der Waals surface area contributed by atoms with Gasteiger partial charge in [-0.15, -0.1) is 0 Å². The Labute approximate surface area is 110 Å². The second-order valence-electron chi connectivity index (χ2n) is 4.69. The zero-order valence-corrected chi connectivity index (χ0v) is 12.1. The number of hydrogen-bond donors (Lipinski definition) is 1. The van der Waals surface area contributed by atoms with Gasteiger partial charge in [-0.2, -0.15) is 0 Å². The first-order chi connectivity index (χ1) is 8.58. The second-order valence-corrected chi connectivity index (χ2v) is 4.69. The van der Waals surface area contributed by atoms with Crippen LogP contribution in [-0.4, -0.2) is 26.4 Å². The van der Waals surface area contributed by atoms with E-state index in [2.05, 4.69) is 38.2 Å². The smallest absolute Gasteiger partial charge is 0.123 e. The molecule has 0 heterocycles. The van der Waals surface area contributed by atoms with Gasteiger partial charge in [0.2, 0.25) is 0 Å². The third-order valence-corrected chi connectivity index (χ3v) is 2.96. The zero-order chi connectivity index (χ0) is 13.5. The van der Waals surface area contributed by atoms with E-state index in [1.807, 2.05) is 13.0 Å². The summed E-state index contributed by atoms with van der Waals surface area (Å²) in [5, 5.41) is 3.53. The Morgan fingerprint density at radius 2 is 2.00 bits per heavy atom. The summed E-state index contributed by atoms with van der Waals surface area (Å²) in [5.41, 5.74) is 2.44. The first-order valence-electron chi connectivity index (χ1n) is 6.56. The lowest BCUT2D eigenvalue weighted by Crippen LogP contribution is -2.33. The molecule has 0 radical (unpaired) electrons. The molecule has 102 valence electrons. The molecule has 18 heavy (non-hydrogen) atoms. The van der Waals surface area contributed by atoms with Crippen LogP contribution in [0, 0.1) is 6.92 Å². The van der Waals surface area contributed by atoms with E-state index in [0.29, 0.717) is 6.04 Å². The number of methoxy groups -OCH3 is 1. The summed E-state index contributed by atoms with van der Waals surface area (Å²) in [6.45, 7) is 9.89. The van der Waals surface area contributed by atoms with Crippen molar-refractivity contribution in [3.8, 4) is 5.75 Å². The Morgan fingerprint density at radius 3 is 2.61 bits per heavy atom. The van der Waals surface area contributed by atoms with Crippen LogP contribution in [0.15, 0.2) is 18.2 Å². The van der Waals surface area contributed by atoms with Crippen molar-refractivity contribution in [1.82, 2.24) is 5.32 Å². The van der Waals surface area contributed by atoms with Gasteiger partial charge in [-0.3, -0.25) is 0 Å². The lowest BCUT2D eigenvalue weighted by atomic mass is 10.0. The van der Waals surface area contributed by atoms with E-state index in [9.17, 15) is 0 Å². The lowest BCUT2D eigenvalue weighted by molar-refractivity contribution is 0.124. The van der Waals surface area contributed by atoms with Crippen LogP contribution in [0.2, 0.25) is 0 Å². The van der Waals surface area contributed by atoms with Crippen LogP contribution in [0.3, 0.4) is 0 Å². The lowest BCUT2D eigenvalue weighted by Gasteiger charge is -2.22. The second kappa shape index (κ2) is 7.39. The number of ether oxygens (including phenoxy) is 2. The van der Waals surface area contributed by atoms with Crippen molar-refractivity contribution in [2.24, 2.45) is 0 Å². The highest BCUT2D eigenvalue weighted by atomic mass is 16.5. The Bertz CT molecular complexity index is 366. The molecule has 3 nitrogen and oxygen atoms in total. The predicted molar refractivity (Wildman–Crippen MR) is 75.2 cm³/mol. The molecule has 1 N–H and O–H groups in total. The van der Waals surface area contributed by atoms with Crippen molar-refractivity contribution < 1.29 is 9.47 Å². The molecule has 0 saturated carbocycles. The standard InChI is InChI=1S/C15H25NO2/c1-6-18-10-12(3)16-13(4)14-9-11(2)7-8-15(14)17-5/h7-9,12-13,16H,6,10H2,1-5H3. The normalized spacial score (nSPS) is 14.3. The van der Waals surface area contributed by atoms with Crippen LogP contribution in [0.5, 0.6) is 5.75 Å². The predicted octanol–water partition coefficient (Wildman–Crippen LogP) is 3.08. The van der Waals surface area contributed by atoms with Crippen LogP contribution in [0.1, 0.15) is 37.9 Å². The van der Waals surface area contributed by atoms with Crippen molar-refractivity contribution >= 4 is 0 Å². The van der Waals surface area contributed by atoms with Crippen LogP contribution in [-0.2, 0) is 4.74 Å². The highest BCUT2D eigenvalue weighted by Gasteiger charge is 2.13. The maximum atomic E-state index is 5.42. The number of aryl methyl sites for hydroxylation is 1. The topological polar surface area (TPSA) is 30.5 Å². The molecular formula is C15H25NO2. The Kier molecular flexibility index (Phi) is 6.16. The van der Waals surface area contributed by atoms with Crippen LogP contribution in [0.4, 0.5) is 0 Å². The van der Waals surface area contributed by atoms with Crippen LogP contribution in [0.25, 0.3) is 0 Å². The van der Waals surface area contributed by atoms with Gasteiger partial charge in [-0.25, -0.2) is 0 Å². The van der Waals surface area contributed by atoms with E-state index in [4.69, 9.17) is 9.47 Å². The monoisotopic (exact) mass is 251 g/mol. The molecule has 0 bridgehead atoms. The van der Waals surface area contributed by atoms with E-state index in [1.165, 1.54) is 11.1 Å². The fraction of sp³-hybridized carbons (Fsp3) is 0.600. The average Bonchev–Trinajstić information content (AvgIpc) is 2.36. The minimum Gasteiger partial charge on any atom is -0.496 e. The molecule has 0 aliphatic rings. The zero-order valence-electron chi connectivity index (χ0n) is 12.1. The molecule has 0 amide bonds. The number of nitrogens with one attached hydrogen (secondary N) is 1. The summed E-state index contributed by atoms with van der Waals surface area (Å²) in [7, 11) is 1.71. The van der Waals surface area contributed by atoms with Crippen LogP contribution < -0.4 is 10.1 Å². The van der Waals surface area contributed by atoms with Gasteiger partial charge in [0.05, 0.1) is 13.7 Å². The van der Waals surface area contributed by atoms with E-state index in [1.54, 1.807) is 7.11 Å². The van der Waals surface area contributed by atoms with Crippen molar-refractivity contribution in [3.63, 3.8) is 0 Å². The molecule has 2 atom stereocenters. The van der Waals surface area contributed by atoms with Crippen LogP contribution >= 0.6 is 0 Å². The quantitative estimate of drug-likeness (QED) is 0.808. The number of rotatable bonds is 7. The Balaban J connectivity index is 2.70. The molecule has 1 aromatic rings. The molecule has 1 rings (SSSR count). The summed E-state index contributed by atoms with van der Waals surface area (Å²) in [4.78, 5) is 0. The van der Waals surface area contributed by atoms with Crippen molar-refractivity contribution in [3.05, 3.63) is 29.3 Å². The first kappa shape index (κ1) is 15.0. The minimum absolute atomic E-state index is 0.246. The van der Waals surface area contributed by atoms with Crippen molar-refractivity contribution in [1.29, 1.82) is 0 Å². The summed E-state index contributed by atoms with van der Waals surface area (Å²) < 4.78 is 10.8. The molecule has 0 aliphatic carbocycles. The molecule has 2 unspecified atom stereocenters. The molecule has 0 spiro atoms. The van der Waals surface area contributed by atoms with E-state index in [-0.39, 0.29) is 6.04 Å². The van der Waals surface area contributed by atoms with Gasteiger partial charge in [0, 0.05) is 24.3 Å². The first-order valence-corrected chi connectivity index (χ1v) is 6.56. The highest BCUT2D eigenvalue weighted by molar-refractivity contribution is 5.38. The SMILES string of the molecule is CCOCC(C)NC(C)c1cc(C)ccc1OC. The van der Waals surface area contributed by atoms with Gasteiger partial charge in [0.25, 0.3) is 0 Å². The van der Waals surface area contributed by atoms with Crippen molar-refractivity contribution in [2.45, 2.75) is 39.8 Å². The number of benzene rings is 1. The molecule has 0 fully saturated rings. The van der Waals surface area contributed by atoms with E-state index >= 15 is 0 Å². The molecule has 0 saturated heterocycles.